The molecule has 182 valence electrons. The van der Waals surface area contributed by atoms with Crippen LogP contribution in [0.15, 0.2) is 66.9 Å². The van der Waals surface area contributed by atoms with Crippen molar-refractivity contribution < 1.29 is 9.53 Å². The van der Waals surface area contributed by atoms with E-state index in [2.05, 4.69) is 52.0 Å². The van der Waals surface area contributed by atoms with Crippen LogP contribution in [0.25, 0.3) is 11.4 Å². The van der Waals surface area contributed by atoms with E-state index in [0.29, 0.717) is 5.82 Å². The molecule has 2 aromatic carbocycles. The summed E-state index contributed by atoms with van der Waals surface area (Å²) in [6.45, 7) is 5.80. The molecule has 1 atom stereocenters. The Morgan fingerprint density at radius 2 is 1.86 bits per heavy atom. The highest BCUT2D eigenvalue weighted by atomic mass is 16.5. The van der Waals surface area contributed by atoms with Gasteiger partial charge in [0.25, 0.3) is 0 Å². The minimum atomic E-state index is -0.321. The molecular formula is C29H34N4O2. The number of hydrogen-bond donors (Lipinski definition) is 0. The van der Waals surface area contributed by atoms with Gasteiger partial charge in [0.15, 0.2) is 5.82 Å². The predicted molar refractivity (Wildman–Crippen MR) is 137 cm³/mol. The Balaban J connectivity index is 1.28. The summed E-state index contributed by atoms with van der Waals surface area (Å²) in [6.07, 6.45) is 5.53. The summed E-state index contributed by atoms with van der Waals surface area (Å²) in [6, 6.07) is 20.4. The Kier molecular flexibility index (Phi) is 6.82. The summed E-state index contributed by atoms with van der Waals surface area (Å²) in [5.74, 6) is 1.72. The monoisotopic (exact) mass is 470 g/mol. The van der Waals surface area contributed by atoms with Gasteiger partial charge in [-0.05, 0) is 62.5 Å². The summed E-state index contributed by atoms with van der Waals surface area (Å²) < 4.78 is 5.36. The Hall–Kier alpha value is -3.25. The Labute approximate surface area is 208 Å². The second-order valence-electron chi connectivity index (χ2n) is 10.0. The van der Waals surface area contributed by atoms with Gasteiger partial charge in [-0.1, -0.05) is 49.4 Å². The standard InChI is InChI=1S/C29H34N4O2/c1-29(14-18-32(19-15-29)21-22-8-4-3-5-9-22)28(34)33-17-7-12-26(33)25-13-16-30-27(31-25)23-10-6-11-24(20-23)35-2/h3-6,8-11,13,16,20,26H,7,12,14-15,17-19,21H2,1-2H3. The highest BCUT2D eigenvalue weighted by molar-refractivity contribution is 5.83. The van der Waals surface area contributed by atoms with Gasteiger partial charge in [0, 0.05) is 30.3 Å². The first-order chi connectivity index (χ1) is 17.1. The first-order valence-corrected chi connectivity index (χ1v) is 12.6. The average molecular weight is 471 g/mol. The number of ether oxygens (including phenoxy) is 1. The minimum Gasteiger partial charge on any atom is -0.497 e. The predicted octanol–water partition coefficient (Wildman–Crippen LogP) is 5.12. The first kappa shape index (κ1) is 23.5. The highest BCUT2D eigenvalue weighted by Crippen LogP contribution is 2.40. The van der Waals surface area contributed by atoms with E-state index in [9.17, 15) is 4.79 Å². The SMILES string of the molecule is COc1cccc(-c2nccc(C3CCCN3C(=O)C3(C)CCN(Cc4ccccc4)CC3)n2)c1. The molecule has 3 aromatic rings. The molecule has 6 nitrogen and oxygen atoms in total. The summed E-state index contributed by atoms with van der Waals surface area (Å²) in [5, 5.41) is 0. The molecule has 2 fully saturated rings. The third-order valence-electron chi connectivity index (χ3n) is 7.59. The number of methoxy groups -OCH3 is 1. The normalized spacial score (nSPS) is 20.1. The van der Waals surface area contributed by atoms with Crippen molar-refractivity contribution in [2.45, 2.75) is 45.2 Å². The van der Waals surface area contributed by atoms with E-state index in [1.807, 2.05) is 36.5 Å². The van der Waals surface area contributed by atoms with Crippen molar-refractivity contribution in [1.82, 2.24) is 19.8 Å². The van der Waals surface area contributed by atoms with Crippen molar-refractivity contribution in [1.29, 1.82) is 0 Å². The van der Waals surface area contributed by atoms with Crippen LogP contribution in [-0.4, -0.2) is 52.4 Å². The van der Waals surface area contributed by atoms with Gasteiger partial charge in [0.1, 0.15) is 5.75 Å². The van der Waals surface area contributed by atoms with Gasteiger partial charge < -0.3 is 9.64 Å². The number of amides is 1. The molecule has 5 rings (SSSR count). The maximum absolute atomic E-state index is 13.9. The molecular weight excluding hydrogens is 436 g/mol. The van der Waals surface area contributed by atoms with Crippen molar-refractivity contribution in [3.63, 3.8) is 0 Å². The minimum absolute atomic E-state index is 0.00836. The number of benzene rings is 2. The van der Waals surface area contributed by atoms with E-state index >= 15 is 0 Å². The topological polar surface area (TPSA) is 58.6 Å². The van der Waals surface area contributed by atoms with Crippen molar-refractivity contribution in [2.24, 2.45) is 5.41 Å². The summed E-state index contributed by atoms with van der Waals surface area (Å²) >= 11 is 0. The number of nitrogens with zero attached hydrogens (tertiary/aromatic N) is 4. The molecule has 0 N–H and O–H groups in total. The lowest BCUT2D eigenvalue weighted by atomic mass is 9.78. The van der Waals surface area contributed by atoms with E-state index in [0.717, 1.165) is 68.9 Å². The lowest BCUT2D eigenvalue weighted by molar-refractivity contribution is -0.145. The maximum Gasteiger partial charge on any atom is 0.229 e. The van der Waals surface area contributed by atoms with E-state index < -0.39 is 0 Å². The molecule has 6 heteroatoms. The number of aromatic nitrogens is 2. The molecule has 1 amide bonds. The van der Waals surface area contributed by atoms with Crippen LogP contribution >= 0.6 is 0 Å². The van der Waals surface area contributed by atoms with E-state index in [1.165, 1.54) is 5.56 Å². The first-order valence-electron chi connectivity index (χ1n) is 12.6. The van der Waals surface area contributed by atoms with Gasteiger partial charge in [-0.25, -0.2) is 9.97 Å². The lowest BCUT2D eigenvalue weighted by Crippen LogP contribution is -2.48. The molecule has 2 aliphatic rings. The molecule has 0 radical (unpaired) electrons. The molecule has 2 aliphatic heterocycles. The molecule has 0 bridgehead atoms. The van der Waals surface area contributed by atoms with Crippen LogP contribution in [0.1, 0.15) is 49.9 Å². The number of likely N-dealkylation sites (tertiary alicyclic amines) is 2. The zero-order chi connectivity index (χ0) is 24.3. The molecule has 1 aromatic heterocycles. The van der Waals surface area contributed by atoms with Crippen LogP contribution in [0.5, 0.6) is 5.75 Å². The zero-order valence-corrected chi connectivity index (χ0v) is 20.7. The Bertz CT molecular complexity index is 1160. The van der Waals surface area contributed by atoms with Crippen molar-refractivity contribution in [3.05, 3.63) is 78.1 Å². The molecule has 0 spiro atoms. The van der Waals surface area contributed by atoms with Crippen molar-refractivity contribution in [2.75, 3.05) is 26.7 Å². The maximum atomic E-state index is 13.9. The second kappa shape index (κ2) is 10.2. The fraction of sp³-hybridized carbons (Fsp3) is 0.414. The van der Waals surface area contributed by atoms with Crippen LogP contribution in [0.4, 0.5) is 0 Å². The lowest BCUT2D eigenvalue weighted by Gasteiger charge is -2.41. The van der Waals surface area contributed by atoms with Crippen molar-refractivity contribution in [3.8, 4) is 17.1 Å². The van der Waals surface area contributed by atoms with Gasteiger partial charge in [-0.3, -0.25) is 9.69 Å². The number of carbonyl (C=O) groups excluding carboxylic acids is 1. The smallest absolute Gasteiger partial charge is 0.229 e. The fourth-order valence-electron chi connectivity index (χ4n) is 5.38. The number of piperidine rings is 1. The zero-order valence-electron chi connectivity index (χ0n) is 20.7. The third-order valence-corrected chi connectivity index (χ3v) is 7.59. The van der Waals surface area contributed by atoms with Gasteiger partial charge in [0.05, 0.1) is 18.8 Å². The molecule has 1 unspecified atom stereocenters. The Morgan fingerprint density at radius 3 is 2.63 bits per heavy atom. The third kappa shape index (κ3) is 5.08. The molecule has 35 heavy (non-hydrogen) atoms. The summed E-state index contributed by atoms with van der Waals surface area (Å²) in [5.41, 5.74) is 2.85. The van der Waals surface area contributed by atoms with Crippen LogP contribution in [0.3, 0.4) is 0 Å². The van der Waals surface area contributed by atoms with Gasteiger partial charge in [-0.2, -0.15) is 0 Å². The van der Waals surface area contributed by atoms with Gasteiger partial charge in [-0.15, -0.1) is 0 Å². The van der Waals surface area contributed by atoms with Crippen LogP contribution in [0.2, 0.25) is 0 Å². The van der Waals surface area contributed by atoms with E-state index in [-0.39, 0.29) is 17.4 Å². The molecule has 3 heterocycles. The van der Waals surface area contributed by atoms with Gasteiger partial charge in [0.2, 0.25) is 5.91 Å². The van der Waals surface area contributed by atoms with Crippen LogP contribution in [0, 0.1) is 5.41 Å². The van der Waals surface area contributed by atoms with Crippen LogP contribution < -0.4 is 4.74 Å². The largest absolute Gasteiger partial charge is 0.497 e. The Morgan fingerprint density at radius 1 is 1.06 bits per heavy atom. The van der Waals surface area contributed by atoms with Gasteiger partial charge >= 0.3 is 0 Å². The fourth-order valence-corrected chi connectivity index (χ4v) is 5.38. The second-order valence-corrected chi connectivity index (χ2v) is 10.0. The van der Waals surface area contributed by atoms with Crippen LogP contribution in [-0.2, 0) is 11.3 Å². The summed E-state index contributed by atoms with van der Waals surface area (Å²) in [4.78, 5) is 27.8. The van der Waals surface area contributed by atoms with E-state index in [1.54, 1.807) is 7.11 Å². The summed E-state index contributed by atoms with van der Waals surface area (Å²) in [7, 11) is 1.66. The quantitative estimate of drug-likeness (QED) is 0.501. The molecule has 2 saturated heterocycles. The average Bonchev–Trinajstić information content (AvgIpc) is 3.40. The number of hydrogen-bond acceptors (Lipinski definition) is 5. The number of carbonyl (C=O) groups is 1. The molecule has 0 saturated carbocycles. The highest BCUT2D eigenvalue weighted by Gasteiger charge is 2.43. The molecule has 0 aliphatic carbocycles. The number of rotatable bonds is 6. The van der Waals surface area contributed by atoms with E-state index in [4.69, 9.17) is 9.72 Å². The van der Waals surface area contributed by atoms with Crippen molar-refractivity contribution >= 4 is 5.91 Å².